The molecule has 16 heavy (non-hydrogen) atoms. The molecule has 0 spiro atoms. The summed E-state index contributed by atoms with van der Waals surface area (Å²) >= 11 is 0. The number of hydrogen-bond acceptors (Lipinski definition) is 3. The Labute approximate surface area is 92.8 Å². The van der Waals surface area contributed by atoms with E-state index in [1.807, 2.05) is 0 Å². The van der Waals surface area contributed by atoms with Crippen LogP contribution in [0.2, 0.25) is 0 Å². The second kappa shape index (κ2) is 4.76. The molecule has 0 aromatic heterocycles. The van der Waals surface area contributed by atoms with E-state index in [2.05, 4.69) is 0 Å². The summed E-state index contributed by atoms with van der Waals surface area (Å²) in [5, 5.41) is 8.94. The Kier molecular flexibility index (Phi) is 3.83. The molecule has 1 aromatic rings. The van der Waals surface area contributed by atoms with Gasteiger partial charge in [-0.2, -0.15) is 0 Å². The topological polar surface area (TPSA) is 55.5 Å². The number of methoxy groups -OCH3 is 1. The van der Waals surface area contributed by atoms with Crippen LogP contribution in [0.3, 0.4) is 0 Å². The Hall–Kier alpha value is -1.20. The third-order valence-corrected chi connectivity index (χ3v) is 2.29. The van der Waals surface area contributed by atoms with E-state index >= 15 is 0 Å². The van der Waals surface area contributed by atoms with Crippen molar-refractivity contribution in [2.45, 2.75) is 18.9 Å². The molecule has 0 saturated heterocycles. The summed E-state index contributed by atoms with van der Waals surface area (Å²) in [6, 6.07) is 2.18. The molecule has 90 valence electrons. The lowest BCUT2D eigenvalue weighted by atomic mass is 9.94. The zero-order chi connectivity index (χ0) is 12.3. The van der Waals surface area contributed by atoms with Crippen molar-refractivity contribution in [1.82, 2.24) is 0 Å². The molecule has 0 heterocycles. The zero-order valence-corrected chi connectivity index (χ0v) is 9.26. The monoisotopic (exact) mass is 231 g/mol. The average molecular weight is 231 g/mol. The summed E-state index contributed by atoms with van der Waals surface area (Å²) < 4.78 is 31.7. The van der Waals surface area contributed by atoms with Gasteiger partial charge in [-0.1, -0.05) is 0 Å². The van der Waals surface area contributed by atoms with Crippen molar-refractivity contribution >= 4 is 0 Å². The fraction of sp³-hybridized carbons (Fsp3) is 0.455. The highest BCUT2D eigenvalue weighted by atomic mass is 19.1. The molecule has 0 radical (unpaired) electrons. The largest absolute Gasteiger partial charge is 0.497 e. The molecule has 1 atom stereocenters. The van der Waals surface area contributed by atoms with Crippen LogP contribution in [0.15, 0.2) is 12.1 Å². The molecular weight excluding hydrogens is 216 g/mol. The molecule has 1 unspecified atom stereocenters. The number of aliphatic hydroxyl groups excluding tert-OH is 1. The molecule has 5 heteroatoms. The highest BCUT2D eigenvalue weighted by Crippen LogP contribution is 2.23. The lowest BCUT2D eigenvalue weighted by molar-refractivity contribution is 0.206. The molecule has 0 aliphatic rings. The number of nitrogens with two attached hydrogens (primary N) is 1. The van der Waals surface area contributed by atoms with E-state index in [4.69, 9.17) is 15.6 Å². The van der Waals surface area contributed by atoms with E-state index < -0.39 is 17.2 Å². The third kappa shape index (κ3) is 2.90. The predicted molar refractivity (Wildman–Crippen MR) is 56.3 cm³/mol. The van der Waals surface area contributed by atoms with Crippen molar-refractivity contribution in [3.05, 3.63) is 29.3 Å². The van der Waals surface area contributed by atoms with Gasteiger partial charge in [-0.15, -0.1) is 0 Å². The molecule has 0 saturated carbocycles. The summed E-state index contributed by atoms with van der Waals surface area (Å²) in [6.45, 7) is 1.17. The van der Waals surface area contributed by atoms with Crippen molar-refractivity contribution in [2.24, 2.45) is 5.73 Å². The van der Waals surface area contributed by atoms with Gasteiger partial charge in [0.15, 0.2) is 0 Å². The SMILES string of the molecule is COc1cc(F)c(CC(C)(N)CO)c(F)c1. The van der Waals surface area contributed by atoms with Crippen LogP contribution in [0.25, 0.3) is 0 Å². The smallest absolute Gasteiger partial charge is 0.133 e. The summed E-state index contributed by atoms with van der Waals surface area (Å²) in [4.78, 5) is 0. The first kappa shape index (κ1) is 12.9. The minimum absolute atomic E-state index is 0.0782. The van der Waals surface area contributed by atoms with Crippen LogP contribution in [-0.4, -0.2) is 24.4 Å². The van der Waals surface area contributed by atoms with Crippen LogP contribution in [0.5, 0.6) is 5.75 Å². The quantitative estimate of drug-likeness (QED) is 0.819. The fourth-order valence-corrected chi connectivity index (χ4v) is 1.33. The van der Waals surface area contributed by atoms with Crippen molar-refractivity contribution in [3.8, 4) is 5.75 Å². The van der Waals surface area contributed by atoms with Crippen LogP contribution in [-0.2, 0) is 6.42 Å². The Morgan fingerprint density at radius 1 is 1.38 bits per heavy atom. The zero-order valence-electron chi connectivity index (χ0n) is 9.26. The number of hydrogen-bond donors (Lipinski definition) is 2. The molecule has 3 N–H and O–H groups in total. The van der Waals surface area contributed by atoms with Crippen LogP contribution >= 0.6 is 0 Å². The van der Waals surface area contributed by atoms with Crippen LogP contribution < -0.4 is 10.5 Å². The number of ether oxygens (including phenoxy) is 1. The van der Waals surface area contributed by atoms with E-state index in [0.717, 1.165) is 12.1 Å². The Bertz CT molecular complexity index is 357. The lowest BCUT2D eigenvalue weighted by Crippen LogP contribution is -2.42. The average Bonchev–Trinajstić information content (AvgIpc) is 2.23. The van der Waals surface area contributed by atoms with E-state index in [0.29, 0.717) is 0 Å². The van der Waals surface area contributed by atoms with Gasteiger partial charge in [-0.3, -0.25) is 0 Å². The van der Waals surface area contributed by atoms with Gasteiger partial charge in [0, 0.05) is 23.2 Å². The van der Waals surface area contributed by atoms with Crippen LogP contribution in [0.4, 0.5) is 8.78 Å². The molecule has 0 amide bonds. The molecular formula is C11H15F2NO2. The Morgan fingerprint density at radius 3 is 2.25 bits per heavy atom. The van der Waals surface area contributed by atoms with Crippen molar-refractivity contribution < 1.29 is 18.6 Å². The maximum Gasteiger partial charge on any atom is 0.133 e. The van der Waals surface area contributed by atoms with Gasteiger partial charge in [-0.05, 0) is 13.3 Å². The maximum atomic E-state index is 13.5. The number of benzene rings is 1. The third-order valence-electron chi connectivity index (χ3n) is 2.29. The fourth-order valence-electron chi connectivity index (χ4n) is 1.33. The first-order chi connectivity index (χ1) is 7.39. The van der Waals surface area contributed by atoms with Gasteiger partial charge in [0.25, 0.3) is 0 Å². The predicted octanol–water partition coefficient (Wildman–Crippen LogP) is 1.23. The number of halogens is 2. The van der Waals surface area contributed by atoms with Crippen molar-refractivity contribution in [3.63, 3.8) is 0 Å². The summed E-state index contributed by atoms with van der Waals surface area (Å²) in [5.41, 5.74) is 4.46. The minimum atomic E-state index is -1.05. The summed E-state index contributed by atoms with van der Waals surface area (Å²) in [5.74, 6) is -1.33. The summed E-state index contributed by atoms with van der Waals surface area (Å²) in [7, 11) is 1.33. The molecule has 3 nitrogen and oxygen atoms in total. The van der Waals surface area contributed by atoms with Gasteiger partial charge in [-0.25, -0.2) is 8.78 Å². The van der Waals surface area contributed by atoms with Gasteiger partial charge in [0.2, 0.25) is 0 Å². The molecule has 0 aliphatic carbocycles. The summed E-state index contributed by atoms with van der Waals surface area (Å²) in [6.07, 6.45) is -0.0782. The normalized spacial score (nSPS) is 14.6. The second-order valence-corrected chi connectivity index (χ2v) is 4.06. The van der Waals surface area contributed by atoms with Gasteiger partial charge >= 0.3 is 0 Å². The minimum Gasteiger partial charge on any atom is -0.497 e. The lowest BCUT2D eigenvalue weighted by Gasteiger charge is -2.22. The van der Waals surface area contributed by atoms with E-state index in [9.17, 15) is 8.78 Å². The second-order valence-electron chi connectivity index (χ2n) is 4.06. The molecule has 0 fully saturated rings. The van der Waals surface area contributed by atoms with Crippen LogP contribution in [0, 0.1) is 11.6 Å². The highest BCUT2D eigenvalue weighted by Gasteiger charge is 2.23. The van der Waals surface area contributed by atoms with Crippen LogP contribution in [0.1, 0.15) is 12.5 Å². The number of rotatable bonds is 4. The first-order valence-electron chi connectivity index (χ1n) is 4.81. The molecule has 0 bridgehead atoms. The molecule has 1 rings (SSSR count). The van der Waals surface area contributed by atoms with Crippen molar-refractivity contribution in [1.29, 1.82) is 0 Å². The number of aliphatic hydroxyl groups is 1. The van der Waals surface area contributed by atoms with Gasteiger partial charge in [0.1, 0.15) is 17.4 Å². The standard InChI is InChI=1S/C11H15F2NO2/c1-11(14,6-15)5-8-9(12)3-7(16-2)4-10(8)13/h3-4,15H,5-6,14H2,1-2H3. The van der Waals surface area contributed by atoms with Gasteiger partial charge in [0.05, 0.1) is 13.7 Å². The first-order valence-corrected chi connectivity index (χ1v) is 4.81. The highest BCUT2D eigenvalue weighted by molar-refractivity contribution is 5.31. The Balaban J connectivity index is 3.06. The Morgan fingerprint density at radius 2 is 1.88 bits per heavy atom. The van der Waals surface area contributed by atoms with Gasteiger partial charge < -0.3 is 15.6 Å². The van der Waals surface area contributed by atoms with E-state index in [-0.39, 0.29) is 24.3 Å². The molecule has 1 aromatic carbocycles. The van der Waals surface area contributed by atoms with E-state index in [1.54, 1.807) is 0 Å². The van der Waals surface area contributed by atoms with Crippen molar-refractivity contribution in [2.75, 3.05) is 13.7 Å². The van der Waals surface area contributed by atoms with E-state index in [1.165, 1.54) is 14.0 Å². The maximum absolute atomic E-state index is 13.5. The molecule has 0 aliphatic heterocycles.